The second-order valence-electron chi connectivity index (χ2n) is 3.51. The van der Waals surface area contributed by atoms with Gasteiger partial charge in [-0.15, -0.1) is 0 Å². The molecule has 3 rings (SSSR count). The number of rotatable bonds is 2. The van der Waals surface area contributed by atoms with Crippen molar-refractivity contribution in [3.8, 4) is 0 Å². The Kier molecular flexibility index (Phi) is 2.22. The molecule has 2 N–H and O–H groups in total. The molecule has 0 atom stereocenters. The Bertz CT molecular complexity index is 661. The van der Waals surface area contributed by atoms with Crippen molar-refractivity contribution in [3.05, 3.63) is 35.4 Å². The zero-order valence-electron chi connectivity index (χ0n) is 8.67. The summed E-state index contributed by atoms with van der Waals surface area (Å²) in [6.07, 6.45) is 1.27. The zero-order valence-corrected chi connectivity index (χ0v) is 9.42. The molecule has 17 heavy (non-hydrogen) atoms. The number of nitrogens with two attached hydrogens (primary N) is 1. The number of hydrogen-bond acceptors (Lipinski definition) is 5. The lowest BCUT2D eigenvalue weighted by Crippen LogP contribution is -2.05. The summed E-state index contributed by atoms with van der Waals surface area (Å²) in [5.74, 6) is 0.897. The predicted molar refractivity (Wildman–Crippen MR) is 62.6 cm³/mol. The van der Waals surface area contributed by atoms with Crippen LogP contribution in [-0.2, 0) is 6.54 Å². The van der Waals surface area contributed by atoms with Crippen LogP contribution in [0.15, 0.2) is 29.1 Å². The first-order chi connectivity index (χ1) is 8.25. The summed E-state index contributed by atoms with van der Waals surface area (Å²) in [4.78, 5) is 8.17. The summed E-state index contributed by atoms with van der Waals surface area (Å²) in [7, 11) is 0. The lowest BCUT2D eigenvalue weighted by molar-refractivity contribution is 0.408. The fourth-order valence-electron chi connectivity index (χ4n) is 1.72. The minimum atomic E-state index is 0.373. The van der Waals surface area contributed by atoms with Gasteiger partial charge in [0.1, 0.15) is 0 Å². The maximum Gasteiger partial charge on any atom is 0.213 e. The number of aromatic nitrogens is 4. The van der Waals surface area contributed by atoms with E-state index in [0.29, 0.717) is 23.3 Å². The van der Waals surface area contributed by atoms with Crippen LogP contribution in [0, 0.1) is 0 Å². The molecule has 2 aromatic heterocycles. The van der Waals surface area contributed by atoms with Crippen LogP contribution in [0.3, 0.4) is 0 Å². The third-order valence-electron chi connectivity index (χ3n) is 2.45. The Morgan fingerprint density at radius 3 is 3.06 bits per heavy atom. The highest BCUT2D eigenvalue weighted by Crippen LogP contribution is 2.25. The van der Waals surface area contributed by atoms with E-state index in [2.05, 4.69) is 19.6 Å². The van der Waals surface area contributed by atoms with Crippen LogP contribution in [0.25, 0.3) is 11.0 Å². The third-order valence-corrected chi connectivity index (χ3v) is 2.76. The second-order valence-corrected chi connectivity index (χ2v) is 3.92. The van der Waals surface area contributed by atoms with Gasteiger partial charge >= 0.3 is 0 Å². The smallest absolute Gasteiger partial charge is 0.213 e. The topological polar surface area (TPSA) is 82.8 Å². The first-order valence-corrected chi connectivity index (χ1v) is 5.29. The van der Waals surface area contributed by atoms with Crippen LogP contribution in [-0.4, -0.2) is 19.7 Å². The summed E-state index contributed by atoms with van der Waals surface area (Å²) in [6.45, 7) is 0.378. The molecule has 2 heterocycles. The standard InChI is InChI=1S/C10H8ClN5O/c11-6-2-1-3-7-9(6)16(10(12)14-7)4-8-13-5-17-15-8/h1-3,5H,4H2,(H2,12,14). The van der Waals surface area contributed by atoms with Crippen molar-refractivity contribution in [1.82, 2.24) is 19.7 Å². The van der Waals surface area contributed by atoms with Crippen LogP contribution in [0.4, 0.5) is 5.95 Å². The highest BCUT2D eigenvalue weighted by atomic mass is 35.5. The quantitative estimate of drug-likeness (QED) is 0.747. The molecule has 0 aliphatic heterocycles. The van der Waals surface area contributed by atoms with Crippen molar-refractivity contribution < 1.29 is 4.52 Å². The van der Waals surface area contributed by atoms with E-state index in [-0.39, 0.29) is 0 Å². The van der Waals surface area contributed by atoms with Gasteiger partial charge in [-0.2, -0.15) is 4.98 Å². The van der Waals surface area contributed by atoms with E-state index in [9.17, 15) is 0 Å². The maximum atomic E-state index is 6.14. The number of anilines is 1. The van der Waals surface area contributed by atoms with E-state index >= 15 is 0 Å². The molecule has 0 bridgehead atoms. The maximum absolute atomic E-state index is 6.14. The molecule has 3 aromatic rings. The first kappa shape index (κ1) is 10.1. The molecule has 0 fully saturated rings. The largest absolute Gasteiger partial charge is 0.369 e. The molecule has 7 heteroatoms. The molecule has 0 amide bonds. The minimum absolute atomic E-state index is 0.373. The highest BCUT2D eigenvalue weighted by molar-refractivity contribution is 6.35. The Hall–Kier alpha value is -2.08. The van der Waals surface area contributed by atoms with Crippen LogP contribution in [0.1, 0.15) is 5.82 Å². The average molecular weight is 250 g/mol. The zero-order chi connectivity index (χ0) is 11.8. The molecule has 0 unspecified atom stereocenters. The van der Waals surface area contributed by atoms with Gasteiger partial charge in [0.25, 0.3) is 0 Å². The van der Waals surface area contributed by atoms with E-state index in [1.54, 1.807) is 10.6 Å². The van der Waals surface area contributed by atoms with Gasteiger partial charge in [-0.1, -0.05) is 22.8 Å². The Labute approximate surface area is 101 Å². The van der Waals surface area contributed by atoms with Crippen molar-refractivity contribution in [2.24, 2.45) is 0 Å². The lowest BCUT2D eigenvalue weighted by Gasteiger charge is -2.03. The van der Waals surface area contributed by atoms with Gasteiger partial charge in [-0.3, -0.25) is 0 Å². The van der Waals surface area contributed by atoms with Crippen molar-refractivity contribution in [3.63, 3.8) is 0 Å². The number of halogens is 1. The Balaban J connectivity index is 2.18. The first-order valence-electron chi connectivity index (χ1n) is 4.91. The second kappa shape index (κ2) is 3.74. The number of nitrogens with zero attached hydrogens (tertiary/aromatic N) is 4. The van der Waals surface area contributed by atoms with Gasteiger partial charge < -0.3 is 14.8 Å². The van der Waals surface area contributed by atoms with Gasteiger partial charge in [0.15, 0.2) is 5.82 Å². The molecular formula is C10H8ClN5O. The van der Waals surface area contributed by atoms with Gasteiger partial charge in [0.05, 0.1) is 22.6 Å². The van der Waals surface area contributed by atoms with Gasteiger partial charge in [0.2, 0.25) is 12.3 Å². The van der Waals surface area contributed by atoms with Gasteiger partial charge in [-0.05, 0) is 12.1 Å². The summed E-state index contributed by atoms with van der Waals surface area (Å²) in [5.41, 5.74) is 7.37. The number of nitrogen functional groups attached to an aromatic ring is 1. The number of hydrogen-bond donors (Lipinski definition) is 1. The number of benzene rings is 1. The number of imidazole rings is 1. The van der Waals surface area contributed by atoms with Gasteiger partial charge in [0, 0.05) is 0 Å². The molecule has 0 saturated carbocycles. The molecule has 6 nitrogen and oxygen atoms in total. The van der Waals surface area contributed by atoms with E-state index in [0.717, 1.165) is 11.0 Å². The minimum Gasteiger partial charge on any atom is -0.369 e. The van der Waals surface area contributed by atoms with Crippen molar-refractivity contribution in [2.45, 2.75) is 6.54 Å². The highest BCUT2D eigenvalue weighted by Gasteiger charge is 2.12. The fourth-order valence-corrected chi connectivity index (χ4v) is 1.99. The lowest BCUT2D eigenvalue weighted by atomic mass is 10.3. The fraction of sp³-hybridized carbons (Fsp3) is 0.100. The average Bonchev–Trinajstić information content (AvgIpc) is 2.89. The van der Waals surface area contributed by atoms with Crippen LogP contribution in [0.5, 0.6) is 0 Å². The molecule has 0 aliphatic carbocycles. The van der Waals surface area contributed by atoms with Crippen LogP contribution in [0.2, 0.25) is 5.02 Å². The Morgan fingerprint density at radius 2 is 2.29 bits per heavy atom. The van der Waals surface area contributed by atoms with E-state index in [1.807, 2.05) is 12.1 Å². The van der Waals surface area contributed by atoms with Gasteiger partial charge in [-0.25, -0.2) is 4.98 Å². The van der Waals surface area contributed by atoms with Crippen LogP contribution < -0.4 is 5.73 Å². The molecule has 0 aliphatic rings. The molecular weight excluding hydrogens is 242 g/mol. The molecule has 0 saturated heterocycles. The molecule has 0 radical (unpaired) electrons. The summed E-state index contributed by atoms with van der Waals surface area (Å²) in [5, 5.41) is 4.33. The molecule has 1 aromatic carbocycles. The summed E-state index contributed by atoms with van der Waals surface area (Å²) < 4.78 is 6.43. The molecule has 86 valence electrons. The molecule has 0 spiro atoms. The number of para-hydroxylation sites is 1. The van der Waals surface area contributed by atoms with Crippen LogP contribution >= 0.6 is 11.6 Å². The summed E-state index contributed by atoms with van der Waals surface area (Å²) >= 11 is 6.14. The predicted octanol–water partition coefficient (Wildman–Crippen LogP) is 1.70. The van der Waals surface area contributed by atoms with Crippen molar-refractivity contribution >= 4 is 28.6 Å². The van der Waals surface area contributed by atoms with E-state index < -0.39 is 0 Å². The third kappa shape index (κ3) is 1.62. The van der Waals surface area contributed by atoms with Crippen molar-refractivity contribution in [1.29, 1.82) is 0 Å². The van der Waals surface area contributed by atoms with E-state index in [4.69, 9.17) is 17.3 Å². The summed E-state index contributed by atoms with van der Waals surface area (Å²) in [6, 6.07) is 5.47. The normalized spacial score (nSPS) is 11.1. The number of fused-ring (bicyclic) bond motifs is 1. The monoisotopic (exact) mass is 249 g/mol. The van der Waals surface area contributed by atoms with Crippen molar-refractivity contribution in [2.75, 3.05) is 5.73 Å². The SMILES string of the molecule is Nc1nc2cccc(Cl)c2n1Cc1ncon1. The Morgan fingerprint density at radius 1 is 1.41 bits per heavy atom. The van der Waals surface area contributed by atoms with E-state index in [1.165, 1.54) is 6.39 Å².